The molecule has 0 spiro atoms. The molecule has 0 amide bonds. The van der Waals surface area contributed by atoms with Gasteiger partial charge in [-0.15, -0.1) is 0 Å². The highest BCUT2D eigenvalue weighted by atomic mass is 16.5. The molecule has 0 aliphatic heterocycles. The molecular formula is C28H29N3O3. The van der Waals surface area contributed by atoms with Gasteiger partial charge in [0.05, 0.1) is 25.6 Å². The van der Waals surface area contributed by atoms with E-state index in [9.17, 15) is 4.79 Å². The quantitative estimate of drug-likeness (QED) is 0.334. The molecule has 2 aromatic carbocycles. The molecular weight excluding hydrogens is 426 g/mol. The Kier molecular flexibility index (Phi) is 7.07. The molecule has 0 saturated carbocycles. The Balaban J connectivity index is 1.84. The van der Waals surface area contributed by atoms with Crippen molar-refractivity contribution in [1.29, 1.82) is 0 Å². The zero-order chi connectivity index (χ0) is 24.1. The number of aryl methyl sites for hydroxylation is 3. The molecule has 0 fully saturated rings. The molecule has 0 aliphatic carbocycles. The van der Waals surface area contributed by atoms with Gasteiger partial charge in [-0.25, -0.2) is 4.98 Å². The topological polar surface area (TPSA) is 66.2 Å². The molecule has 0 saturated heterocycles. The summed E-state index contributed by atoms with van der Waals surface area (Å²) in [5, 5.41) is 0.500. The number of hydrogen-bond acceptors (Lipinski definition) is 5. The van der Waals surface area contributed by atoms with Gasteiger partial charge in [0.1, 0.15) is 28.5 Å². The SMILES string of the molecule is C=C(OCC)c1nccc2c(=O)n(Cc3ccc(OC)cc3C)c(CCc3ccccc3)nc12. The first kappa shape index (κ1) is 23.2. The molecule has 0 atom stereocenters. The number of aromatic nitrogens is 3. The molecule has 0 unspecified atom stereocenters. The Morgan fingerprint density at radius 1 is 1.09 bits per heavy atom. The fraction of sp³-hybridized carbons (Fsp3) is 0.250. The van der Waals surface area contributed by atoms with Crippen LogP contribution in [0.2, 0.25) is 0 Å². The van der Waals surface area contributed by atoms with Crippen LogP contribution in [0.3, 0.4) is 0 Å². The van der Waals surface area contributed by atoms with Crippen molar-refractivity contribution in [1.82, 2.24) is 14.5 Å². The number of methoxy groups -OCH3 is 1. The van der Waals surface area contributed by atoms with Crippen molar-refractivity contribution in [2.75, 3.05) is 13.7 Å². The third kappa shape index (κ3) is 4.86. The standard InChI is InChI=1S/C28H29N3O3/c1-5-34-20(3)26-27-24(15-16-29-26)28(32)31(18-22-12-13-23(33-4)17-19(22)2)25(30-27)14-11-21-9-7-6-8-10-21/h6-10,12-13,15-17H,3,5,11,14,18H2,1-2,4H3. The normalized spacial score (nSPS) is 10.9. The molecule has 0 radical (unpaired) electrons. The zero-order valence-electron chi connectivity index (χ0n) is 19.9. The molecule has 6 heteroatoms. The number of ether oxygens (including phenoxy) is 2. The van der Waals surface area contributed by atoms with E-state index in [4.69, 9.17) is 14.5 Å². The van der Waals surface area contributed by atoms with Crippen LogP contribution in [-0.4, -0.2) is 28.3 Å². The maximum atomic E-state index is 13.7. The fourth-order valence-electron chi connectivity index (χ4n) is 4.04. The van der Waals surface area contributed by atoms with Gasteiger partial charge in [-0.3, -0.25) is 14.3 Å². The van der Waals surface area contributed by atoms with E-state index in [1.165, 1.54) is 5.56 Å². The second-order valence-electron chi connectivity index (χ2n) is 8.11. The van der Waals surface area contributed by atoms with Crippen molar-refractivity contribution in [3.05, 3.63) is 106 Å². The third-order valence-electron chi connectivity index (χ3n) is 5.89. The van der Waals surface area contributed by atoms with Crippen molar-refractivity contribution >= 4 is 16.7 Å². The van der Waals surface area contributed by atoms with Gasteiger partial charge in [0, 0.05) is 12.6 Å². The smallest absolute Gasteiger partial charge is 0.261 e. The number of pyridine rings is 1. The van der Waals surface area contributed by atoms with Crippen LogP contribution in [0, 0.1) is 6.92 Å². The molecule has 4 rings (SSSR count). The fourth-order valence-corrected chi connectivity index (χ4v) is 4.04. The van der Waals surface area contributed by atoms with E-state index in [-0.39, 0.29) is 5.56 Å². The van der Waals surface area contributed by atoms with Gasteiger partial charge in [0.2, 0.25) is 0 Å². The summed E-state index contributed by atoms with van der Waals surface area (Å²) in [6, 6.07) is 17.8. The molecule has 6 nitrogen and oxygen atoms in total. The predicted octanol–water partition coefficient (Wildman–Crippen LogP) is 4.95. The van der Waals surface area contributed by atoms with E-state index < -0.39 is 0 Å². The van der Waals surface area contributed by atoms with Crippen molar-refractivity contribution in [2.24, 2.45) is 0 Å². The lowest BCUT2D eigenvalue weighted by molar-refractivity contribution is 0.298. The van der Waals surface area contributed by atoms with Crippen LogP contribution >= 0.6 is 0 Å². The predicted molar refractivity (Wildman–Crippen MR) is 135 cm³/mol. The summed E-state index contributed by atoms with van der Waals surface area (Å²) < 4.78 is 12.7. The van der Waals surface area contributed by atoms with Crippen molar-refractivity contribution in [3.63, 3.8) is 0 Å². The first-order chi connectivity index (χ1) is 16.5. The van der Waals surface area contributed by atoms with Gasteiger partial charge in [-0.05, 0) is 55.2 Å². The molecule has 174 valence electrons. The van der Waals surface area contributed by atoms with Crippen LogP contribution < -0.4 is 10.3 Å². The van der Waals surface area contributed by atoms with E-state index in [2.05, 4.69) is 23.7 Å². The first-order valence-corrected chi connectivity index (χ1v) is 11.4. The van der Waals surface area contributed by atoms with E-state index in [1.807, 2.05) is 50.2 Å². The molecule has 0 bridgehead atoms. The highest BCUT2D eigenvalue weighted by molar-refractivity contribution is 5.86. The number of rotatable bonds is 9. The molecule has 0 aliphatic rings. The summed E-state index contributed by atoms with van der Waals surface area (Å²) in [6.07, 6.45) is 2.99. The van der Waals surface area contributed by atoms with E-state index in [0.717, 1.165) is 23.3 Å². The minimum absolute atomic E-state index is 0.101. The number of fused-ring (bicyclic) bond motifs is 1. The van der Waals surface area contributed by atoms with E-state index in [0.29, 0.717) is 47.8 Å². The molecule has 34 heavy (non-hydrogen) atoms. The monoisotopic (exact) mass is 455 g/mol. The van der Waals surface area contributed by atoms with Crippen molar-refractivity contribution in [3.8, 4) is 5.75 Å². The number of nitrogens with zero attached hydrogens (tertiary/aromatic N) is 3. The highest BCUT2D eigenvalue weighted by Crippen LogP contribution is 2.22. The van der Waals surface area contributed by atoms with Gasteiger partial charge in [0.25, 0.3) is 5.56 Å². The van der Waals surface area contributed by atoms with E-state index in [1.54, 1.807) is 23.9 Å². The summed E-state index contributed by atoms with van der Waals surface area (Å²) in [4.78, 5) is 23.1. The second-order valence-corrected chi connectivity index (χ2v) is 8.11. The molecule has 0 N–H and O–H groups in total. The average Bonchev–Trinajstić information content (AvgIpc) is 2.86. The minimum Gasteiger partial charge on any atom is -0.497 e. The maximum Gasteiger partial charge on any atom is 0.261 e. The Morgan fingerprint density at radius 3 is 2.59 bits per heavy atom. The van der Waals surface area contributed by atoms with Crippen molar-refractivity contribution < 1.29 is 9.47 Å². The van der Waals surface area contributed by atoms with Crippen LogP contribution in [0.4, 0.5) is 0 Å². The maximum absolute atomic E-state index is 13.7. The highest BCUT2D eigenvalue weighted by Gasteiger charge is 2.17. The largest absolute Gasteiger partial charge is 0.497 e. The summed E-state index contributed by atoms with van der Waals surface area (Å²) in [5.41, 5.74) is 4.21. The van der Waals surface area contributed by atoms with Crippen molar-refractivity contribution in [2.45, 2.75) is 33.2 Å². The summed E-state index contributed by atoms with van der Waals surface area (Å²) in [7, 11) is 1.65. The van der Waals surface area contributed by atoms with Gasteiger partial charge in [-0.1, -0.05) is 43.0 Å². The van der Waals surface area contributed by atoms with Gasteiger partial charge in [-0.2, -0.15) is 0 Å². The Bertz CT molecular complexity index is 1380. The van der Waals surface area contributed by atoms with Gasteiger partial charge in [0.15, 0.2) is 0 Å². The lowest BCUT2D eigenvalue weighted by Crippen LogP contribution is -2.27. The Labute approximate surface area is 199 Å². The third-order valence-corrected chi connectivity index (χ3v) is 5.89. The van der Waals surface area contributed by atoms with E-state index >= 15 is 0 Å². The lowest BCUT2D eigenvalue weighted by Gasteiger charge is -2.17. The van der Waals surface area contributed by atoms with Crippen LogP contribution in [0.1, 0.15) is 35.1 Å². The molecule has 4 aromatic rings. The number of hydrogen-bond donors (Lipinski definition) is 0. The number of benzene rings is 2. The lowest BCUT2D eigenvalue weighted by atomic mass is 10.1. The second kappa shape index (κ2) is 10.3. The summed E-state index contributed by atoms with van der Waals surface area (Å²) >= 11 is 0. The van der Waals surface area contributed by atoms with Crippen LogP contribution in [0.15, 0.2) is 72.2 Å². The summed E-state index contributed by atoms with van der Waals surface area (Å²) in [6.45, 7) is 8.79. The molecule has 2 aromatic heterocycles. The minimum atomic E-state index is -0.101. The molecule has 2 heterocycles. The van der Waals surface area contributed by atoms with Crippen LogP contribution in [-0.2, 0) is 24.1 Å². The zero-order valence-corrected chi connectivity index (χ0v) is 19.9. The van der Waals surface area contributed by atoms with Gasteiger partial charge >= 0.3 is 0 Å². The first-order valence-electron chi connectivity index (χ1n) is 11.4. The Hall–Kier alpha value is -3.93. The van der Waals surface area contributed by atoms with Gasteiger partial charge < -0.3 is 9.47 Å². The van der Waals surface area contributed by atoms with Crippen LogP contribution in [0.25, 0.3) is 16.7 Å². The van der Waals surface area contributed by atoms with Crippen LogP contribution in [0.5, 0.6) is 5.75 Å². The Morgan fingerprint density at radius 2 is 1.88 bits per heavy atom. The average molecular weight is 456 g/mol. The summed E-state index contributed by atoms with van der Waals surface area (Å²) in [5.74, 6) is 1.91.